The number of carbonyl (C=O) groups is 3. The number of aliphatic hydroxyl groups is 3. The quantitative estimate of drug-likeness (QED) is 0.0231. The monoisotopic (exact) mass is 1030 g/mol. The van der Waals surface area contributed by atoms with Crippen molar-refractivity contribution >= 4 is 17.9 Å². The average molecular weight is 1040 g/mol. The van der Waals surface area contributed by atoms with E-state index in [9.17, 15) is 29.7 Å². The van der Waals surface area contributed by atoms with Gasteiger partial charge in [0, 0.05) is 19.3 Å². The van der Waals surface area contributed by atoms with Crippen molar-refractivity contribution in [2.45, 2.75) is 250 Å². The number of hydrogen-bond donors (Lipinski definition) is 3. The maximum Gasteiger partial charge on any atom is 0.306 e. The molecule has 1 aliphatic heterocycles. The summed E-state index contributed by atoms with van der Waals surface area (Å²) < 4.78 is 28.4. The Hall–Kier alpha value is -4.13. The van der Waals surface area contributed by atoms with E-state index in [-0.39, 0.29) is 39.1 Å². The van der Waals surface area contributed by atoms with E-state index in [1.165, 1.54) is 0 Å². The minimum absolute atomic E-state index is 0.183. The number of unbranched alkanes of at least 4 members (excludes halogenated alkanes) is 15. The Morgan fingerprint density at radius 2 is 0.757 bits per heavy atom. The summed E-state index contributed by atoms with van der Waals surface area (Å²) in [6.45, 7) is 5.47. The van der Waals surface area contributed by atoms with Gasteiger partial charge < -0.3 is 39.0 Å². The Morgan fingerprint density at radius 1 is 0.405 bits per heavy atom. The SMILES string of the molecule is CC/C=C\C/C=C\C/C=C\CCCCCCCC(=O)OC[C@H](CO[C@@H]1O[C@H](COC(=O)CCCCCCC/C=C\C/C=C\C/C=C\CC)[C@H](O)[C@H](O)[C@H]1O)OC(=O)CCCCCCC/C=C\C/C=C\C/C=C\CC. The third-order valence-corrected chi connectivity index (χ3v) is 12.3. The van der Waals surface area contributed by atoms with Gasteiger partial charge in [-0.05, 0) is 116 Å². The van der Waals surface area contributed by atoms with Gasteiger partial charge in [0.25, 0.3) is 0 Å². The van der Waals surface area contributed by atoms with E-state index in [1.54, 1.807) is 0 Å². The molecule has 0 aromatic heterocycles. The summed E-state index contributed by atoms with van der Waals surface area (Å²) >= 11 is 0. The molecule has 0 saturated carbocycles. The molecule has 0 aromatic carbocycles. The molecule has 0 aliphatic carbocycles. The minimum Gasteiger partial charge on any atom is -0.463 e. The standard InChI is InChI=1S/C63H102O11/c1-4-7-10-13-16-19-22-25-28-31-34-37-40-43-46-49-57(64)70-52-55(73-59(66)51-48-45-42-39-36-33-30-27-24-21-18-15-12-9-6-3)53-72-63-62(69)61(68)60(67)56(74-63)54-71-58(65)50-47-44-41-38-35-32-29-26-23-20-17-14-11-8-5-2/h7-12,16-21,25-30,55-56,60-63,67-69H,4-6,13-15,22-24,31-54H2,1-3H3/b10-7-,11-8-,12-9-,19-16-,20-17-,21-18-,28-25-,29-26-,30-27-/t55-,56-,60+,61+,62-,63-/m1/s1. The van der Waals surface area contributed by atoms with Crippen LogP contribution in [0.3, 0.4) is 0 Å². The molecule has 1 fully saturated rings. The van der Waals surface area contributed by atoms with E-state index < -0.39 is 54.7 Å². The molecule has 1 heterocycles. The highest BCUT2D eigenvalue weighted by atomic mass is 16.7. The molecule has 11 heteroatoms. The van der Waals surface area contributed by atoms with Crippen molar-refractivity contribution in [3.8, 4) is 0 Å². The maximum absolute atomic E-state index is 13.0. The second-order valence-electron chi connectivity index (χ2n) is 19.1. The third-order valence-electron chi connectivity index (χ3n) is 12.3. The number of aliphatic hydroxyl groups excluding tert-OH is 3. The smallest absolute Gasteiger partial charge is 0.306 e. The van der Waals surface area contributed by atoms with Crippen molar-refractivity contribution in [3.05, 3.63) is 109 Å². The zero-order valence-corrected chi connectivity index (χ0v) is 46.3. The Morgan fingerprint density at radius 3 is 1.18 bits per heavy atom. The third kappa shape index (κ3) is 41.2. The van der Waals surface area contributed by atoms with Gasteiger partial charge in [0.1, 0.15) is 37.6 Å². The highest BCUT2D eigenvalue weighted by Gasteiger charge is 2.45. The van der Waals surface area contributed by atoms with Crippen molar-refractivity contribution in [1.29, 1.82) is 0 Å². The average Bonchev–Trinajstić information content (AvgIpc) is 3.39. The molecule has 3 N–H and O–H groups in total. The van der Waals surface area contributed by atoms with Crippen molar-refractivity contribution < 1.29 is 53.4 Å². The lowest BCUT2D eigenvalue weighted by Crippen LogP contribution is -2.59. The number of carbonyl (C=O) groups excluding carboxylic acids is 3. The van der Waals surface area contributed by atoms with Crippen LogP contribution in [-0.4, -0.2) is 89.9 Å². The van der Waals surface area contributed by atoms with Gasteiger partial charge in [0.15, 0.2) is 12.4 Å². The van der Waals surface area contributed by atoms with Gasteiger partial charge in [-0.15, -0.1) is 0 Å². The molecule has 0 spiro atoms. The second-order valence-corrected chi connectivity index (χ2v) is 19.1. The Bertz CT molecular complexity index is 1640. The topological polar surface area (TPSA) is 158 Å². The van der Waals surface area contributed by atoms with E-state index >= 15 is 0 Å². The normalized spacial score (nSPS) is 19.1. The molecular weight excluding hydrogens is 933 g/mol. The van der Waals surface area contributed by atoms with Crippen LogP contribution >= 0.6 is 0 Å². The van der Waals surface area contributed by atoms with Crippen LogP contribution in [0.15, 0.2) is 109 Å². The first-order valence-electron chi connectivity index (χ1n) is 28.9. The van der Waals surface area contributed by atoms with Gasteiger partial charge in [-0.3, -0.25) is 14.4 Å². The summed E-state index contributed by atoms with van der Waals surface area (Å²) in [5.74, 6) is -1.32. The summed E-state index contributed by atoms with van der Waals surface area (Å²) in [7, 11) is 0. The van der Waals surface area contributed by atoms with Crippen LogP contribution in [0.4, 0.5) is 0 Å². The fourth-order valence-electron chi connectivity index (χ4n) is 7.93. The van der Waals surface area contributed by atoms with Gasteiger partial charge in [-0.2, -0.15) is 0 Å². The van der Waals surface area contributed by atoms with Crippen molar-refractivity contribution in [2.24, 2.45) is 0 Å². The molecule has 0 radical (unpaired) electrons. The second kappa shape index (κ2) is 51.0. The van der Waals surface area contributed by atoms with Crippen LogP contribution in [0.2, 0.25) is 0 Å². The van der Waals surface area contributed by atoms with Crippen molar-refractivity contribution in [1.82, 2.24) is 0 Å². The lowest BCUT2D eigenvalue weighted by molar-refractivity contribution is -0.305. The summed E-state index contributed by atoms with van der Waals surface area (Å²) in [5.41, 5.74) is 0. The van der Waals surface area contributed by atoms with Gasteiger partial charge >= 0.3 is 17.9 Å². The van der Waals surface area contributed by atoms with Crippen LogP contribution in [0, 0.1) is 0 Å². The number of ether oxygens (including phenoxy) is 5. The van der Waals surface area contributed by atoms with Gasteiger partial charge in [-0.25, -0.2) is 0 Å². The molecule has 0 aromatic rings. The first kappa shape index (κ1) is 67.9. The van der Waals surface area contributed by atoms with Gasteiger partial charge in [0.05, 0.1) is 6.61 Å². The first-order valence-corrected chi connectivity index (χ1v) is 28.9. The fraction of sp³-hybridized carbons (Fsp3) is 0.667. The predicted octanol–water partition coefficient (Wildman–Crippen LogP) is 14.6. The number of allylic oxidation sites excluding steroid dienone is 18. The highest BCUT2D eigenvalue weighted by Crippen LogP contribution is 2.24. The van der Waals surface area contributed by atoms with Crippen molar-refractivity contribution in [2.75, 3.05) is 19.8 Å². The largest absolute Gasteiger partial charge is 0.463 e. The molecule has 1 saturated heterocycles. The van der Waals surface area contributed by atoms with Crippen LogP contribution in [0.25, 0.3) is 0 Å². The lowest BCUT2D eigenvalue weighted by atomic mass is 9.99. The fourth-order valence-corrected chi connectivity index (χ4v) is 7.93. The van der Waals surface area contributed by atoms with E-state index in [1.807, 2.05) is 0 Å². The number of esters is 3. The molecule has 420 valence electrons. The minimum atomic E-state index is -1.66. The molecule has 0 bridgehead atoms. The molecule has 0 amide bonds. The summed E-state index contributed by atoms with van der Waals surface area (Å²) in [5, 5.41) is 32.2. The summed E-state index contributed by atoms with van der Waals surface area (Å²) in [4.78, 5) is 38.4. The van der Waals surface area contributed by atoms with E-state index in [2.05, 4.69) is 130 Å². The number of hydrogen-bond acceptors (Lipinski definition) is 11. The zero-order chi connectivity index (χ0) is 53.8. The molecule has 6 atom stereocenters. The molecule has 1 aliphatic rings. The van der Waals surface area contributed by atoms with E-state index in [4.69, 9.17) is 23.7 Å². The molecular formula is C63H102O11. The molecule has 11 nitrogen and oxygen atoms in total. The predicted molar refractivity (Wildman–Crippen MR) is 302 cm³/mol. The van der Waals surface area contributed by atoms with E-state index in [0.717, 1.165) is 154 Å². The molecule has 0 unspecified atom stereocenters. The lowest BCUT2D eigenvalue weighted by Gasteiger charge is -2.40. The Kier molecular flexibility index (Phi) is 46.8. The molecule has 74 heavy (non-hydrogen) atoms. The summed E-state index contributed by atoms with van der Waals surface area (Å²) in [6, 6.07) is 0. The van der Waals surface area contributed by atoms with Gasteiger partial charge in [-0.1, -0.05) is 188 Å². The van der Waals surface area contributed by atoms with E-state index in [0.29, 0.717) is 19.3 Å². The van der Waals surface area contributed by atoms with Crippen LogP contribution in [0.1, 0.15) is 213 Å². The maximum atomic E-state index is 13.0. The van der Waals surface area contributed by atoms with Crippen LogP contribution in [-0.2, 0) is 38.1 Å². The zero-order valence-electron chi connectivity index (χ0n) is 46.3. The highest BCUT2D eigenvalue weighted by molar-refractivity contribution is 5.70. The summed E-state index contributed by atoms with van der Waals surface area (Å²) in [6.07, 6.45) is 57.9. The Labute approximate surface area is 449 Å². The van der Waals surface area contributed by atoms with Crippen molar-refractivity contribution in [3.63, 3.8) is 0 Å². The first-order chi connectivity index (χ1) is 36.2. The Balaban J connectivity index is 2.58. The molecule has 1 rings (SSSR count). The van der Waals surface area contributed by atoms with Crippen LogP contribution in [0.5, 0.6) is 0 Å². The van der Waals surface area contributed by atoms with Gasteiger partial charge in [0.2, 0.25) is 0 Å². The van der Waals surface area contributed by atoms with Crippen LogP contribution < -0.4 is 0 Å². The number of rotatable bonds is 47.